The van der Waals surface area contributed by atoms with Crippen molar-refractivity contribution in [1.82, 2.24) is 4.98 Å². The zero-order valence-corrected chi connectivity index (χ0v) is 9.31. The molecule has 0 aliphatic heterocycles. The average Bonchev–Trinajstić information content (AvgIpc) is 2.22. The van der Waals surface area contributed by atoms with Crippen LogP contribution < -0.4 is 5.56 Å². The minimum atomic E-state index is -0.404. The highest BCUT2D eigenvalue weighted by atomic mass is 35.5. The largest absolute Gasteiger partial charge is 0.328 e. The van der Waals surface area contributed by atoms with Gasteiger partial charge in [0, 0.05) is 27.9 Å². The summed E-state index contributed by atoms with van der Waals surface area (Å²) in [7, 11) is 0. The summed E-state index contributed by atoms with van der Waals surface area (Å²) in [5.74, 6) is -0.404. The number of aromatic nitrogens is 1. The molecular formula is C12H9ClFNO. The molecule has 2 aromatic rings. The molecule has 0 saturated carbocycles. The standard InChI is InChI=1S/C12H9ClFNO/c1-7-4-8(6-15-12(7)16)10-3-2-9(13)5-11(10)14/h2-6H,1H3,(H,15,16). The van der Waals surface area contributed by atoms with Crippen LogP contribution in [-0.2, 0) is 0 Å². The van der Waals surface area contributed by atoms with Crippen LogP contribution in [0.25, 0.3) is 11.1 Å². The Morgan fingerprint density at radius 2 is 2.06 bits per heavy atom. The summed E-state index contributed by atoms with van der Waals surface area (Å²) in [6.07, 6.45) is 1.49. The van der Waals surface area contributed by atoms with Crippen LogP contribution in [0, 0.1) is 12.7 Å². The Kier molecular flexibility index (Phi) is 2.79. The van der Waals surface area contributed by atoms with Gasteiger partial charge in [0.25, 0.3) is 5.56 Å². The summed E-state index contributed by atoms with van der Waals surface area (Å²) in [6.45, 7) is 1.68. The maximum Gasteiger partial charge on any atom is 0.250 e. The highest BCUT2D eigenvalue weighted by Gasteiger charge is 2.06. The van der Waals surface area contributed by atoms with Gasteiger partial charge in [0.1, 0.15) is 5.82 Å². The highest BCUT2D eigenvalue weighted by molar-refractivity contribution is 6.30. The Bertz CT molecular complexity index is 592. The number of pyridine rings is 1. The number of rotatable bonds is 1. The Hall–Kier alpha value is -1.61. The molecule has 0 saturated heterocycles. The molecule has 0 amide bonds. The van der Waals surface area contributed by atoms with Crippen molar-refractivity contribution in [1.29, 1.82) is 0 Å². The second kappa shape index (κ2) is 4.10. The fourth-order valence-corrected chi connectivity index (χ4v) is 1.64. The minimum absolute atomic E-state index is 0.168. The minimum Gasteiger partial charge on any atom is -0.328 e. The summed E-state index contributed by atoms with van der Waals surface area (Å²) in [4.78, 5) is 13.7. The van der Waals surface area contributed by atoms with Crippen molar-refractivity contribution in [3.05, 3.63) is 57.2 Å². The maximum atomic E-state index is 13.6. The van der Waals surface area contributed by atoms with Crippen LogP contribution in [0.2, 0.25) is 5.02 Å². The van der Waals surface area contributed by atoms with Crippen molar-refractivity contribution in [2.75, 3.05) is 0 Å². The summed E-state index contributed by atoms with van der Waals surface area (Å²) < 4.78 is 13.6. The van der Waals surface area contributed by atoms with Gasteiger partial charge in [-0.25, -0.2) is 4.39 Å². The number of nitrogens with one attached hydrogen (secondary N) is 1. The third-order valence-electron chi connectivity index (χ3n) is 2.33. The Balaban J connectivity index is 2.59. The molecule has 0 atom stereocenters. The molecule has 0 spiro atoms. The highest BCUT2D eigenvalue weighted by Crippen LogP contribution is 2.24. The van der Waals surface area contributed by atoms with Gasteiger partial charge in [-0.1, -0.05) is 11.6 Å². The van der Waals surface area contributed by atoms with Crippen LogP contribution in [0.3, 0.4) is 0 Å². The van der Waals surface area contributed by atoms with Gasteiger partial charge in [0.2, 0.25) is 0 Å². The van der Waals surface area contributed by atoms with E-state index < -0.39 is 5.82 Å². The van der Waals surface area contributed by atoms with E-state index in [4.69, 9.17) is 11.6 Å². The average molecular weight is 238 g/mol. The Labute approximate surface area is 96.7 Å². The predicted molar refractivity (Wildman–Crippen MR) is 62.2 cm³/mol. The van der Waals surface area contributed by atoms with E-state index in [1.165, 1.54) is 12.3 Å². The number of H-pyrrole nitrogens is 1. The van der Waals surface area contributed by atoms with Gasteiger partial charge in [0.15, 0.2) is 0 Å². The van der Waals surface area contributed by atoms with Crippen LogP contribution in [0.5, 0.6) is 0 Å². The van der Waals surface area contributed by atoms with E-state index >= 15 is 0 Å². The zero-order valence-electron chi connectivity index (χ0n) is 8.55. The van der Waals surface area contributed by atoms with E-state index in [9.17, 15) is 9.18 Å². The fourth-order valence-electron chi connectivity index (χ4n) is 1.48. The van der Waals surface area contributed by atoms with Crippen molar-refractivity contribution < 1.29 is 4.39 Å². The first-order chi connectivity index (χ1) is 7.58. The van der Waals surface area contributed by atoms with Gasteiger partial charge < -0.3 is 4.98 Å². The first kappa shape index (κ1) is 10.9. The molecule has 16 heavy (non-hydrogen) atoms. The number of aromatic amines is 1. The van der Waals surface area contributed by atoms with E-state index in [0.29, 0.717) is 21.7 Å². The summed E-state index contributed by atoms with van der Waals surface area (Å²) in [6, 6.07) is 6.09. The van der Waals surface area contributed by atoms with Crippen molar-refractivity contribution >= 4 is 11.6 Å². The number of hydrogen-bond donors (Lipinski definition) is 1. The van der Waals surface area contributed by atoms with Crippen LogP contribution >= 0.6 is 11.6 Å². The van der Waals surface area contributed by atoms with Gasteiger partial charge >= 0.3 is 0 Å². The molecule has 4 heteroatoms. The third-order valence-corrected chi connectivity index (χ3v) is 2.57. The van der Waals surface area contributed by atoms with Crippen LogP contribution in [0.15, 0.2) is 35.3 Å². The number of hydrogen-bond acceptors (Lipinski definition) is 1. The van der Waals surface area contributed by atoms with E-state index in [1.54, 1.807) is 25.1 Å². The fraction of sp³-hybridized carbons (Fsp3) is 0.0833. The Morgan fingerprint density at radius 1 is 1.31 bits per heavy atom. The summed E-state index contributed by atoms with van der Waals surface area (Å²) in [5.41, 5.74) is 1.43. The lowest BCUT2D eigenvalue weighted by molar-refractivity contribution is 0.631. The van der Waals surface area contributed by atoms with E-state index in [2.05, 4.69) is 4.98 Å². The third kappa shape index (κ3) is 1.99. The smallest absolute Gasteiger partial charge is 0.250 e. The number of halogens is 2. The topological polar surface area (TPSA) is 32.9 Å². The SMILES string of the molecule is Cc1cc(-c2ccc(Cl)cc2F)c[nH]c1=O. The van der Waals surface area contributed by atoms with Crippen molar-refractivity contribution in [2.45, 2.75) is 6.92 Å². The molecule has 82 valence electrons. The molecule has 2 rings (SSSR count). The van der Waals surface area contributed by atoms with Gasteiger partial charge in [-0.3, -0.25) is 4.79 Å². The molecule has 1 aromatic heterocycles. The maximum absolute atomic E-state index is 13.6. The molecule has 1 heterocycles. The van der Waals surface area contributed by atoms with Gasteiger partial charge in [-0.2, -0.15) is 0 Å². The van der Waals surface area contributed by atoms with Crippen molar-refractivity contribution in [3.63, 3.8) is 0 Å². The molecule has 1 aromatic carbocycles. The lowest BCUT2D eigenvalue weighted by Crippen LogP contribution is -2.08. The number of aryl methyl sites for hydroxylation is 1. The molecule has 0 aliphatic carbocycles. The normalized spacial score (nSPS) is 10.4. The van der Waals surface area contributed by atoms with Crippen molar-refractivity contribution in [3.8, 4) is 11.1 Å². The van der Waals surface area contributed by atoms with Gasteiger partial charge in [-0.15, -0.1) is 0 Å². The van der Waals surface area contributed by atoms with Crippen LogP contribution in [0.1, 0.15) is 5.56 Å². The van der Waals surface area contributed by atoms with E-state index in [0.717, 1.165) is 0 Å². The Morgan fingerprint density at radius 3 is 2.69 bits per heavy atom. The quantitative estimate of drug-likeness (QED) is 0.812. The lowest BCUT2D eigenvalue weighted by atomic mass is 10.1. The molecule has 1 N–H and O–H groups in total. The predicted octanol–water partition coefficient (Wildman–Crippen LogP) is 3.14. The van der Waals surface area contributed by atoms with Crippen LogP contribution in [0.4, 0.5) is 4.39 Å². The van der Waals surface area contributed by atoms with E-state index in [-0.39, 0.29) is 5.56 Å². The molecule has 0 unspecified atom stereocenters. The zero-order chi connectivity index (χ0) is 11.7. The van der Waals surface area contributed by atoms with Crippen LogP contribution in [-0.4, -0.2) is 4.98 Å². The summed E-state index contributed by atoms with van der Waals surface area (Å²) in [5, 5.41) is 0.349. The van der Waals surface area contributed by atoms with E-state index in [1.807, 2.05) is 0 Å². The molecular weight excluding hydrogens is 229 g/mol. The molecule has 0 radical (unpaired) electrons. The molecule has 0 fully saturated rings. The first-order valence-electron chi connectivity index (χ1n) is 4.72. The first-order valence-corrected chi connectivity index (χ1v) is 5.10. The monoisotopic (exact) mass is 237 g/mol. The van der Waals surface area contributed by atoms with Crippen molar-refractivity contribution in [2.24, 2.45) is 0 Å². The summed E-state index contributed by atoms with van der Waals surface area (Å²) >= 11 is 5.66. The number of benzene rings is 1. The van der Waals surface area contributed by atoms with Gasteiger partial charge in [0.05, 0.1) is 0 Å². The molecule has 0 aliphatic rings. The molecule has 0 bridgehead atoms. The van der Waals surface area contributed by atoms with Gasteiger partial charge in [-0.05, 0) is 31.2 Å². The second-order valence-corrected chi connectivity index (χ2v) is 3.96. The molecule has 2 nitrogen and oxygen atoms in total. The second-order valence-electron chi connectivity index (χ2n) is 3.52. The lowest BCUT2D eigenvalue weighted by Gasteiger charge is -2.04.